The summed E-state index contributed by atoms with van der Waals surface area (Å²) in [4.78, 5) is 15.3. The molecule has 0 bridgehead atoms. The van der Waals surface area contributed by atoms with Gasteiger partial charge in [-0.1, -0.05) is 35.3 Å². The first-order valence-electron chi connectivity index (χ1n) is 6.69. The van der Waals surface area contributed by atoms with Gasteiger partial charge in [0.05, 0.1) is 16.3 Å². The van der Waals surface area contributed by atoms with Gasteiger partial charge < -0.3 is 5.32 Å². The number of rotatable bonds is 4. The van der Waals surface area contributed by atoms with Crippen molar-refractivity contribution in [1.29, 1.82) is 0 Å². The summed E-state index contributed by atoms with van der Waals surface area (Å²) in [6.45, 7) is 0.286. The van der Waals surface area contributed by atoms with Crippen molar-refractivity contribution in [3.8, 4) is 0 Å². The van der Waals surface area contributed by atoms with Crippen molar-refractivity contribution in [3.05, 3.63) is 69.5 Å². The van der Waals surface area contributed by atoms with Gasteiger partial charge in [-0.05, 0) is 29.8 Å². The molecule has 0 spiro atoms. The number of alkyl halides is 3. The number of hydrogen-bond acceptors (Lipinski definition) is 2. The van der Waals surface area contributed by atoms with Gasteiger partial charge in [-0.15, -0.1) is 0 Å². The van der Waals surface area contributed by atoms with E-state index in [0.29, 0.717) is 11.2 Å². The van der Waals surface area contributed by atoms with Crippen LogP contribution in [0.5, 0.6) is 0 Å². The minimum absolute atomic E-state index is 0.0753. The zero-order chi connectivity index (χ0) is 17.7. The summed E-state index contributed by atoms with van der Waals surface area (Å²) >= 11 is 11.5. The number of halogens is 5. The molecule has 0 radical (unpaired) electrons. The third-order valence-electron chi connectivity index (χ3n) is 2.97. The van der Waals surface area contributed by atoms with Gasteiger partial charge in [-0.3, -0.25) is 9.78 Å². The maximum atomic E-state index is 12.5. The van der Waals surface area contributed by atoms with Gasteiger partial charge in [-0.25, -0.2) is 0 Å². The Balaban J connectivity index is 1.97. The number of benzene rings is 1. The second-order valence-electron chi connectivity index (χ2n) is 4.77. The minimum atomic E-state index is -4.52. The molecule has 1 aromatic carbocycles. The number of pyridine rings is 1. The van der Waals surface area contributed by atoms with Crippen molar-refractivity contribution in [3.63, 3.8) is 0 Å². The number of carbonyl (C=O) groups is 1. The molecule has 24 heavy (non-hydrogen) atoms. The minimum Gasteiger partial charge on any atom is -0.348 e. The molecule has 0 aliphatic carbocycles. The van der Waals surface area contributed by atoms with Crippen LogP contribution in [0.25, 0.3) is 6.08 Å². The number of nitrogens with zero attached hydrogens (tertiary/aromatic N) is 1. The molecule has 0 aliphatic heterocycles. The SMILES string of the molecule is O=C(C=Cc1ncc(C(F)(F)F)cc1Cl)NCc1ccc(Cl)cc1. The average molecular weight is 375 g/mol. The highest BCUT2D eigenvalue weighted by atomic mass is 35.5. The highest BCUT2D eigenvalue weighted by Crippen LogP contribution is 2.31. The number of aromatic nitrogens is 1. The molecule has 0 atom stereocenters. The van der Waals surface area contributed by atoms with E-state index in [1.165, 1.54) is 6.08 Å². The molecule has 1 N–H and O–H groups in total. The predicted octanol–water partition coefficient (Wildman–Crippen LogP) is 4.74. The summed E-state index contributed by atoms with van der Waals surface area (Å²) in [7, 11) is 0. The molecule has 2 aromatic rings. The Kier molecular flexibility index (Phi) is 5.85. The van der Waals surface area contributed by atoms with E-state index < -0.39 is 17.6 Å². The van der Waals surface area contributed by atoms with Crippen LogP contribution in [0.2, 0.25) is 10.0 Å². The van der Waals surface area contributed by atoms with Gasteiger partial charge in [0.2, 0.25) is 5.91 Å². The molecule has 8 heteroatoms. The Morgan fingerprint density at radius 2 is 1.88 bits per heavy atom. The molecule has 2 rings (SSSR count). The first-order valence-corrected chi connectivity index (χ1v) is 7.44. The van der Waals surface area contributed by atoms with E-state index in [0.717, 1.165) is 17.7 Å². The van der Waals surface area contributed by atoms with Gasteiger partial charge >= 0.3 is 6.18 Å². The predicted molar refractivity (Wildman–Crippen MR) is 86.6 cm³/mol. The van der Waals surface area contributed by atoms with Crippen LogP contribution in [0.3, 0.4) is 0 Å². The molecule has 1 heterocycles. The molecule has 0 saturated heterocycles. The topological polar surface area (TPSA) is 42.0 Å². The highest BCUT2D eigenvalue weighted by molar-refractivity contribution is 6.32. The zero-order valence-corrected chi connectivity index (χ0v) is 13.6. The van der Waals surface area contributed by atoms with Crippen molar-refractivity contribution in [2.75, 3.05) is 0 Å². The fraction of sp³-hybridized carbons (Fsp3) is 0.125. The van der Waals surface area contributed by atoms with Gasteiger partial charge in [-0.2, -0.15) is 13.2 Å². The number of carbonyl (C=O) groups excluding carboxylic acids is 1. The van der Waals surface area contributed by atoms with Gasteiger partial charge in [0, 0.05) is 23.8 Å². The van der Waals surface area contributed by atoms with Crippen LogP contribution in [0.15, 0.2) is 42.6 Å². The second kappa shape index (κ2) is 7.68. The molecule has 1 amide bonds. The Morgan fingerprint density at radius 1 is 1.21 bits per heavy atom. The quantitative estimate of drug-likeness (QED) is 0.785. The molecule has 0 unspecified atom stereocenters. The molecule has 0 saturated carbocycles. The number of hydrogen-bond donors (Lipinski definition) is 1. The van der Waals surface area contributed by atoms with E-state index in [-0.39, 0.29) is 17.3 Å². The van der Waals surface area contributed by atoms with E-state index in [9.17, 15) is 18.0 Å². The van der Waals surface area contributed by atoms with E-state index in [1.54, 1.807) is 24.3 Å². The molecular weight excluding hydrogens is 364 g/mol. The Bertz CT molecular complexity index is 759. The first kappa shape index (κ1) is 18.3. The fourth-order valence-electron chi connectivity index (χ4n) is 1.73. The van der Waals surface area contributed by atoms with E-state index >= 15 is 0 Å². The second-order valence-corrected chi connectivity index (χ2v) is 5.61. The third-order valence-corrected chi connectivity index (χ3v) is 3.52. The number of amides is 1. The Morgan fingerprint density at radius 3 is 2.46 bits per heavy atom. The summed E-state index contributed by atoms with van der Waals surface area (Å²) in [6, 6.07) is 7.69. The normalized spacial score (nSPS) is 11.7. The van der Waals surface area contributed by atoms with Gasteiger partial charge in [0.1, 0.15) is 0 Å². The van der Waals surface area contributed by atoms with Crippen LogP contribution in [-0.4, -0.2) is 10.9 Å². The lowest BCUT2D eigenvalue weighted by molar-refractivity contribution is -0.137. The highest BCUT2D eigenvalue weighted by Gasteiger charge is 2.31. The van der Waals surface area contributed by atoms with Crippen LogP contribution in [0.1, 0.15) is 16.8 Å². The van der Waals surface area contributed by atoms with Crippen LogP contribution < -0.4 is 5.32 Å². The van der Waals surface area contributed by atoms with Crippen molar-refractivity contribution in [2.45, 2.75) is 12.7 Å². The lowest BCUT2D eigenvalue weighted by Crippen LogP contribution is -2.20. The van der Waals surface area contributed by atoms with E-state index in [1.807, 2.05) is 0 Å². The Hall–Kier alpha value is -2.05. The standard InChI is InChI=1S/C16H11Cl2F3N2O/c17-12-3-1-10(2-4-12)8-23-15(24)6-5-14-13(18)7-11(9-22-14)16(19,20)21/h1-7,9H,8H2,(H,23,24). The lowest BCUT2D eigenvalue weighted by atomic mass is 10.2. The fourth-order valence-corrected chi connectivity index (χ4v) is 2.09. The van der Waals surface area contributed by atoms with Crippen molar-refractivity contribution in [2.24, 2.45) is 0 Å². The maximum absolute atomic E-state index is 12.5. The lowest BCUT2D eigenvalue weighted by Gasteiger charge is -2.07. The maximum Gasteiger partial charge on any atom is 0.417 e. The molecule has 1 aromatic heterocycles. The summed E-state index contributed by atoms with van der Waals surface area (Å²) in [5.74, 6) is -0.428. The molecule has 0 aliphatic rings. The molecule has 0 fully saturated rings. The van der Waals surface area contributed by atoms with Crippen LogP contribution in [0, 0.1) is 0 Å². The third kappa shape index (κ3) is 5.25. The van der Waals surface area contributed by atoms with Gasteiger partial charge in [0.25, 0.3) is 0 Å². The molecular formula is C16H11Cl2F3N2O. The van der Waals surface area contributed by atoms with Crippen LogP contribution in [0.4, 0.5) is 13.2 Å². The van der Waals surface area contributed by atoms with Crippen molar-refractivity contribution in [1.82, 2.24) is 10.3 Å². The van der Waals surface area contributed by atoms with Crippen molar-refractivity contribution >= 4 is 35.2 Å². The summed E-state index contributed by atoms with van der Waals surface area (Å²) in [5.41, 5.74) is -0.0185. The van der Waals surface area contributed by atoms with Crippen LogP contribution in [-0.2, 0) is 17.5 Å². The summed E-state index contributed by atoms with van der Waals surface area (Å²) < 4.78 is 37.5. The largest absolute Gasteiger partial charge is 0.417 e. The Labute approximate surface area is 146 Å². The van der Waals surface area contributed by atoms with Crippen LogP contribution >= 0.6 is 23.2 Å². The monoisotopic (exact) mass is 374 g/mol. The molecule has 3 nitrogen and oxygen atoms in total. The van der Waals surface area contributed by atoms with E-state index in [4.69, 9.17) is 23.2 Å². The van der Waals surface area contributed by atoms with Gasteiger partial charge in [0.15, 0.2) is 0 Å². The first-order chi connectivity index (χ1) is 11.3. The summed E-state index contributed by atoms with van der Waals surface area (Å²) in [6.07, 6.45) is -1.46. The van der Waals surface area contributed by atoms with Crippen molar-refractivity contribution < 1.29 is 18.0 Å². The number of nitrogens with one attached hydrogen (secondary N) is 1. The average Bonchev–Trinajstić information content (AvgIpc) is 2.52. The molecule has 126 valence electrons. The summed E-state index contributed by atoms with van der Waals surface area (Å²) in [5, 5.41) is 3.03. The smallest absolute Gasteiger partial charge is 0.348 e. The zero-order valence-electron chi connectivity index (χ0n) is 12.1. The van der Waals surface area contributed by atoms with E-state index in [2.05, 4.69) is 10.3 Å².